The molecule has 0 bridgehead atoms. The standard InChI is InChI=1S/C10H20N2O2/c1-8(13)7-12-6-4-3-5-10(11)9(2)14/h10,12H,3-7,11H2,1-2H3. The van der Waals surface area contributed by atoms with Gasteiger partial charge in [0.25, 0.3) is 0 Å². The van der Waals surface area contributed by atoms with Crippen LogP contribution in [0.15, 0.2) is 0 Å². The maximum absolute atomic E-state index is 10.8. The summed E-state index contributed by atoms with van der Waals surface area (Å²) < 4.78 is 0. The van der Waals surface area contributed by atoms with Crippen LogP contribution in [0.1, 0.15) is 33.1 Å². The fourth-order valence-corrected chi connectivity index (χ4v) is 1.08. The molecule has 0 fully saturated rings. The van der Waals surface area contributed by atoms with E-state index in [2.05, 4.69) is 5.32 Å². The molecule has 4 nitrogen and oxygen atoms in total. The Balaban J connectivity index is 3.21. The van der Waals surface area contributed by atoms with E-state index in [1.165, 1.54) is 6.92 Å². The van der Waals surface area contributed by atoms with Crippen LogP contribution in [0.4, 0.5) is 0 Å². The lowest BCUT2D eigenvalue weighted by Gasteiger charge is -2.07. The Labute approximate surface area is 85.2 Å². The summed E-state index contributed by atoms with van der Waals surface area (Å²) >= 11 is 0. The summed E-state index contributed by atoms with van der Waals surface area (Å²) in [5.41, 5.74) is 5.56. The number of hydrogen-bond acceptors (Lipinski definition) is 4. The van der Waals surface area contributed by atoms with Gasteiger partial charge in [0.15, 0.2) is 0 Å². The average molecular weight is 200 g/mol. The molecule has 0 radical (unpaired) electrons. The lowest BCUT2D eigenvalue weighted by Crippen LogP contribution is -2.28. The predicted octanol–water partition coefficient (Wildman–Crippen LogP) is 0.252. The van der Waals surface area contributed by atoms with E-state index in [1.54, 1.807) is 6.92 Å². The number of Topliss-reactive ketones (excluding diaryl/α,β-unsaturated/α-hetero) is 2. The van der Waals surface area contributed by atoms with Crippen molar-refractivity contribution in [2.45, 2.75) is 39.2 Å². The van der Waals surface area contributed by atoms with Crippen molar-refractivity contribution < 1.29 is 9.59 Å². The van der Waals surface area contributed by atoms with Crippen molar-refractivity contribution in [2.75, 3.05) is 13.1 Å². The van der Waals surface area contributed by atoms with Crippen molar-refractivity contribution in [3.63, 3.8) is 0 Å². The Morgan fingerprint density at radius 2 is 1.93 bits per heavy atom. The lowest BCUT2D eigenvalue weighted by atomic mass is 10.1. The normalized spacial score (nSPS) is 12.5. The van der Waals surface area contributed by atoms with Gasteiger partial charge in [-0.1, -0.05) is 6.42 Å². The Hall–Kier alpha value is -0.740. The van der Waals surface area contributed by atoms with Gasteiger partial charge >= 0.3 is 0 Å². The van der Waals surface area contributed by atoms with Gasteiger partial charge in [-0.25, -0.2) is 0 Å². The molecule has 0 aromatic heterocycles. The van der Waals surface area contributed by atoms with E-state index in [4.69, 9.17) is 5.73 Å². The molecular formula is C10H20N2O2. The predicted molar refractivity (Wildman–Crippen MR) is 56.1 cm³/mol. The summed E-state index contributed by atoms with van der Waals surface area (Å²) in [4.78, 5) is 21.3. The topological polar surface area (TPSA) is 72.2 Å². The number of rotatable bonds is 8. The number of carbonyl (C=O) groups is 2. The third kappa shape index (κ3) is 7.89. The molecule has 0 saturated carbocycles. The number of nitrogens with two attached hydrogens (primary N) is 1. The van der Waals surface area contributed by atoms with Crippen molar-refractivity contribution in [3.8, 4) is 0 Å². The zero-order valence-corrected chi connectivity index (χ0v) is 9.01. The maximum Gasteiger partial charge on any atom is 0.146 e. The summed E-state index contributed by atoms with van der Waals surface area (Å²) in [6, 6.07) is -0.317. The minimum atomic E-state index is -0.317. The highest BCUT2D eigenvalue weighted by atomic mass is 16.1. The van der Waals surface area contributed by atoms with Crippen LogP contribution in [0.3, 0.4) is 0 Å². The lowest BCUT2D eigenvalue weighted by molar-refractivity contribution is -0.118. The fourth-order valence-electron chi connectivity index (χ4n) is 1.08. The van der Waals surface area contributed by atoms with Gasteiger partial charge in [0.2, 0.25) is 0 Å². The van der Waals surface area contributed by atoms with E-state index in [0.717, 1.165) is 25.8 Å². The second kappa shape index (κ2) is 7.64. The maximum atomic E-state index is 10.8. The van der Waals surface area contributed by atoms with E-state index in [1.807, 2.05) is 0 Å². The van der Waals surface area contributed by atoms with Crippen molar-refractivity contribution in [1.82, 2.24) is 5.32 Å². The van der Waals surface area contributed by atoms with Gasteiger partial charge in [0.05, 0.1) is 12.6 Å². The molecule has 3 N–H and O–H groups in total. The largest absolute Gasteiger partial charge is 0.322 e. The molecule has 0 aliphatic carbocycles. The highest BCUT2D eigenvalue weighted by Crippen LogP contribution is 1.98. The quantitative estimate of drug-likeness (QED) is 0.551. The van der Waals surface area contributed by atoms with Crippen LogP contribution >= 0.6 is 0 Å². The molecule has 0 heterocycles. The number of carbonyl (C=O) groups excluding carboxylic acids is 2. The first kappa shape index (κ1) is 13.3. The third-order valence-electron chi connectivity index (χ3n) is 2.01. The molecule has 0 aromatic rings. The highest BCUT2D eigenvalue weighted by molar-refractivity contribution is 5.81. The van der Waals surface area contributed by atoms with Crippen LogP contribution in [0.25, 0.3) is 0 Å². The molecular weight excluding hydrogens is 180 g/mol. The Morgan fingerprint density at radius 3 is 2.43 bits per heavy atom. The SMILES string of the molecule is CC(=O)CNCCCCC(N)C(C)=O. The van der Waals surface area contributed by atoms with Crippen molar-refractivity contribution in [3.05, 3.63) is 0 Å². The van der Waals surface area contributed by atoms with Crippen LogP contribution in [0.2, 0.25) is 0 Å². The first-order chi connectivity index (χ1) is 6.54. The van der Waals surface area contributed by atoms with Gasteiger partial charge in [0, 0.05) is 0 Å². The Bertz CT molecular complexity index is 193. The molecule has 82 valence electrons. The smallest absolute Gasteiger partial charge is 0.146 e. The first-order valence-corrected chi connectivity index (χ1v) is 5.00. The summed E-state index contributed by atoms with van der Waals surface area (Å²) in [6.45, 7) is 4.31. The van der Waals surface area contributed by atoms with Crippen LogP contribution in [-0.2, 0) is 9.59 Å². The number of ketones is 2. The van der Waals surface area contributed by atoms with E-state index in [9.17, 15) is 9.59 Å². The second-order valence-electron chi connectivity index (χ2n) is 3.59. The molecule has 0 saturated heterocycles. The van der Waals surface area contributed by atoms with Gasteiger partial charge in [-0.2, -0.15) is 0 Å². The molecule has 4 heteroatoms. The van der Waals surface area contributed by atoms with Crippen molar-refractivity contribution >= 4 is 11.6 Å². The zero-order valence-electron chi connectivity index (χ0n) is 9.01. The number of hydrogen-bond donors (Lipinski definition) is 2. The molecule has 1 atom stereocenters. The van der Waals surface area contributed by atoms with E-state index in [0.29, 0.717) is 6.54 Å². The van der Waals surface area contributed by atoms with Gasteiger partial charge in [0.1, 0.15) is 11.6 Å². The monoisotopic (exact) mass is 200 g/mol. The average Bonchev–Trinajstić information content (AvgIpc) is 2.09. The van der Waals surface area contributed by atoms with Crippen LogP contribution in [0, 0.1) is 0 Å². The minimum Gasteiger partial charge on any atom is -0.322 e. The fraction of sp³-hybridized carbons (Fsp3) is 0.800. The van der Waals surface area contributed by atoms with Gasteiger partial charge < -0.3 is 11.1 Å². The van der Waals surface area contributed by atoms with E-state index < -0.39 is 0 Å². The van der Waals surface area contributed by atoms with Crippen LogP contribution in [0.5, 0.6) is 0 Å². The molecule has 0 spiro atoms. The summed E-state index contributed by atoms with van der Waals surface area (Å²) in [6.07, 6.45) is 2.61. The van der Waals surface area contributed by atoms with Crippen molar-refractivity contribution in [2.24, 2.45) is 5.73 Å². The molecule has 1 unspecified atom stereocenters. The molecule has 0 aliphatic heterocycles. The van der Waals surface area contributed by atoms with Crippen LogP contribution < -0.4 is 11.1 Å². The van der Waals surface area contributed by atoms with Crippen molar-refractivity contribution in [1.29, 1.82) is 0 Å². The number of unbranched alkanes of at least 4 members (excludes halogenated alkanes) is 1. The molecule has 0 aromatic carbocycles. The molecule has 0 rings (SSSR count). The minimum absolute atomic E-state index is 0.0432. The van der Waals surface area contributed by atoms with Gasteiger partial charge in [-0.3, -0.25) is 9.59 Å². The number of nitrogens with one attached hydrogen (secondary N) is 1. The highest BCUT2D eigenvalue weighted by Gasteiger charge is 2.06. The summed E-state index contributed by atoms with van der Waals surface area (Å²) in [5, 5.41) is 3.01. The zero-order chi connectivity index (χ0) is 11.0. The first-order valence-electron chi connectivity index (χ1n) is 5.00. The van der Waals surface area contributed by atoms with E-state index >= 15 is 0 Å². The third-order valence-corrected chi connectivity index (χ3v) is 2.01. The molecule has 0 aliphatic rings. The van der Waals surface area contributed by atoms with Crippen LogP contribution in [-0.4, -0.2) is 30.7 Å². The second-order valence-corrected chi connectivity index (χ2v) is 3.59. The van der Waals surface area contributed by atoms with Gasteiger partial charge in [-0.15, -0.1) is 0 Å². The summed E-state index contributed by atoms with van der Waals surface area (Å²) in [5.74, 6) is 0.187. The molecule has 14 heavy (non-hydrogen) atoms. The Morgan fingerprint density at radius 1 is 1.29 bits per heavy atom. The van der Waals surface area contributed by atoms with E-state index in [-0.39, 0.29) is 17.6 Å². The summed E-state index contributed by atoms with van der Waals surface area (Å²) in [7, 11) is 0. The molecule has 0 amide bonds. The van der Waals surface area contributed by atoms with Gasteiger partial charge in [-0.05, 0) is 33.2 Å². The Kier molecular flexibility index (Phi) is 7.24.